The summed E-state index contributed by atoms with van der Waals surface area (Å²) in [6.45, 7) is 0.694. The predicted molar refractivity (Wildman–Crippen MR) is 13.8 cm³/mol. The quantitative estimate of drug-likeness (QED) is 0.388. The molecular weight excluding hydrogens is 52.0 g/mol. The third-order valence-corrected chi connectivity index (χ3v) is 0.333. The van der Waals surface area contributed by atoms with Crippen molar-refractivity contribution in [3.05, 3.63) is 12.3 Å². The summed E-state index contributed by atoms with van der Waals surface area (Å²) < 4.78 is 4.49. The first-order valence-electron chi connectivity index (χ1n) is 1.17. The van der Waals surface area contributed by atoms with E-state index in [1.54, 1.807) is 6.26 Å². The molecule has 0 spiro atoms. The Hall–Kier alpha value is -0.460. The van der Waals surface area contributed by atoms with Gasteiger partial charge in [-0.25, -0.2) is 0 Å². The maximum atomic E-state index is 4.49. The van der Waals surface area contributed by atoms with Crippen LogP contribution in [-0.2, 0) is 4.74 Å². The van der Waals surface area contributed by atoms with Gasteiger partial charge in [-0.1, -0.05) is 0 Å². The molecule has 0 saturated carbocycles. The molecule has 0 unspecified atom stereocenters. The molecule has 1 heteroatoms. The normalized spacial score (nSPS) is 18.0. The second kappa shape index (κ2) is 0.481. The summed E-state index contributed by atoms with van der Waals surface area (Å²) >= 11 is 0. The molecule has 0 bridgehead atoms. The van der Waals surface area contributed by atoms with Crippen LogP contribution in [0.15, 0.2) is 6.26 Å². The van der Waals surface area contributed by atoms with E-state index in [0.717, 1.165) is 0 Å². The summed E-state index contributed by atoms with van der Waals surface area (Å²) in [4.78, 5) is 0. The van der Waals surface area contributed by atoms with Crippen LogP contribution in [0.3, 0.4) is 0 Å². The summed E-state index contributed by atoms with van der Waals surface area (Å²) in [5.74, 6) is 0. The van der Waals surface area contributed by atoms with Crippen LogP contribution in [-0.4, -0.2) is 6.61 Å². The highest BCUT2D eigenvalue weighted by atomic mass is 16.5. The highest BCUT2D eigenvalue weighted by Crippen LogP contribution is 1.85. The minimum Gasteiger partial charge on any atom is -0.496 e. The maximum absolute atomic E-state index is 4.49. The highest BCUT2D eigenvalue weighted by Gasteiger charge is 1.81. The third kappa shape index (κ3) is 0.0358. The Labute approximate surface area is 24.9 Å². The molecule has 4 heavy (non-hydrogen) atoms. The zero-order chi connectivity index (χ0) is 2.83. The summed E-state index contributed by atoms with van der Waals surface area (Å²) in [7, 11) is 0. The summed E-state index contributed by atoms with van der Waals surface area (Å²) in [5.41, 5.74) is 0. The lowest BCUT2D eigenvalue weighted by Crippen LogP contribution is -1.90. The topological polar surface area (TPSA) is 9.23 Å². The molecule has 0 atom stereocenters. The lowest BCUT2D eigenvalue weighted by Gasteiger charge is -1.98. The molecule has 1 heterocycles. The van der Waals surface area contributed by atoms with Gasteiger partial charge in [-0.2, -0.15) is 0 Å². The van der Waals surface area contributed by atoms with Crippen molar-refractivity contribution in [1.82, 2.24) is 0 Å². The zero-order valence-corrected chi connectivity index (χ0v) is 2.19. The Morgan fingerprint density at radius 2 is 2.25 bits per heavy atom. The van der Waals surface area contributed by atoms with Crippen molar-refractivity contribution in [2.24, 2.45) is 0 Å². The Balaban J connectivity index is 2.47. The lowest BCUT2D eigenvalue weighted by atomic mass is 10.6. The van der Waals surface area contributed by atoms with Gasteiger partial charge in [0.15, 0.2) is 0 Å². The van der Waals surface area contributed by atoms with Crippen LogP contribution in [0, 0.1) is 6.08 Å². The minimum atomic E-state index is 0.694. The number of ether oxygens (including phenoxy) is 1. The van der Waals surface area contributed by atoms with E-state index >= 15 is 0 Å². The number of hydrogen-bond donors (Lipinski definition) is 0. The molecule has 1 aliphatic heterocycles. The van der Waals surface area contributed by atoms with Gasteiger partial charge in [-0.15, -0.1) is 0 Å². The zero-order valence-electron chi connectivity index (χ0n) is 2.19. The van der Waals surface area contributed by atoms with E-state index in [0.29, 0.717) is 6.61 Å². The standard InChI is InChI=1S/C3H3O/c1-2-4-3-1/h2H,3H2. The molecule has 0 aromatic heterocycles. The van der Waals surface area contributed by atoms with Crippen molar-refractivity contribution in [3.63, 3.8) is 0 Å². The summed E-state index contributed by atoms with van der Waals surface area (Å²) in [6, 6.07) is 0. The van der Waals surface area contributed by atoms with Gasteiger partial charge in [-0.3, -0.25) is 0 Å². The smallest absolute Gasteiger partial charge is 0.116 e. The van der Waals surface area contributed by atoms with Gasteiger partial charge < -0.3 is 4.74 Å². The van der Waals surface area contributed by atoms with Gasteiger partial charge in [0.1, 0.15) is 6.61 Å². The van der Waals surface area contributed by atoms with E-state index in [1.165, 1.54) is 0 Å². The Kier molecular flexibility index (Phi) is 0.219. The molecule has 0 N–H and O–H groups in total. The summed E-state index contributed by atoms with van der Waals surface area (Å²) in [6.07, 6.45) is 4.32. The molecule has 21 valence electrons. The van der Waals surface area contributed by atoms with E-state index in [1.807, 2.05) is 0 Å². The molecular formula is C3H3O. The van der Waals surface area contributed by atoms with Crippen LogP contribution in [0.1, 0.15) is 0 Å². The van der Waals surface area contributed by atoms with Crippen molar-refractivity contribution in [2.75, 3.05) is 6.61 Å². The van der Waals surface area contributed by atoms with Crippen molar-refractivity contribution in [2.45, 2.75) is 0 Å². The third-order valence-electron chi connectivity index (χ3n) is 0.333. The van der Waals surface area contributed by atoms with E-state index in [4.69, 9.17) is 0 Å². The van der Waals surface area contributed by atoms with Crippen molar-refractivity contribution in [1.29, 1.82) is 0 Å². The first kappa shape index (κ1) is 1.82. The predicted octanol–water partition coefficient (Wildman–Crippen LogP) is 0.333. The van der Waals surface area contributed by atoms with Crippen molar-refractivity contribution in [3.8, 4) is 0 Å². The van der Waals surface area contributed by atoms with E-state index in [-0.39, 0.29) is 0 Å². The maximum Gasteiger partial charge on any atom is 0.116 e. The number of rotatable bonds is 0. The monoisotopic (exact) mass is 55.0 g/mol. The molecule has 0 amide bonds. The molecule has 0 saturated heterocycles. The first-order chi connectivity index (χ1) is 2.00. The Morgan fingerprint density at radius 1 is 2.00 bits per heavy atom. The average Bonchev–Trinajstić information content (AvgIpc) is 0.722. The fourth-order valence-electron chi connectivity index (χ4n) is 0.0833. The largest absolute Gasteiger partial charge is 0.496 e. The van der Waals surface area contributed by atoms with Gasteiger partial charge >= 0.3 is 0 Å². The van der Waals surface area contributed by atoms with Gasteiger partial charge in [0.2, 0.25) is 0 Å². The van der Waals surface area contributed by atoms with Gasteiger partial charge in [0.05, 0.1) is 6.26 Å². The molecule has 0 fully saturated rings. The van der Waals surface area contributed by atoms with Crippen molar-refractivity contribution >= 4 is 0 Å². The van der Waals surface area contributed by atoms with Crippen LogP contribution >= 0.6 is 0 Å². The van der Waals surface area contributed by atoms with Crippen LogP contribution < -0.4 is 0 Å². The average molecular weight is 55.1 g/mol. The molecule has 1 nitrogen and oxygen atoms in total. The van der Waals surface area contributed by atoms with E-state index in [2.05, 4.69) is 10.8 Å². The molecule has 0 aromatic rings. The highest BCUT2D eigenvalue weighted by molar-refractivity contribution is 4.71. The van der Waals surface area contributed by atoms with Crippen LogP contribution in [0.25, 0.3) is 0 Å². The van der Waals surface area contributed by atoms with Crippen LogP contribution in [0.2, 0.25) is 0 Å². The van der Waals surface area contributed by atoms with Gasteiger partial charge in [0, 0.05) is 6.08 Å². The van der Waals surface area contributed by atoms with Gasteiger partial charge in [-0.05, 0) is 0 Å². The van der Waals surface area contributed by atoms with Crippen molar-refractivity contribution < 1.29 is 4.74 Å². The SMILES string of the molecule is [C]1=COC1. The Bertz CT molecular complexity index is 32.5. The lowest BCUT2D eigenvalue weighted by molar-refractivity contribution is 0.232. The van der Waals surface area contributed by atoms with Crippen LogP contribution in [0.4, 0.5) is 0 Å². The summed E-state index contributed by atoms with van der Waals surface area (Å²) in [5, 5.41) is 0. The first-order valence-corrected chi connectivity index (χ1v) is 1.17. The Morgan fingerprint density at radius 3 is 2.25 bits per heavy atom. The van der Waals surface area contributed by atoms with E-state index in [9.17, 15) is 0 Å². The molecule has 0 aromatic carbocycles. The molecule has 1 rings (SSSR count). The molecule has 0 aliphatic carbocycles. The van der Waals surface area contributed by atoms with Gasteiger partial charge in [0.25, 0.3) is 0 Å². The number of hydrogen-bond acceptors (Lipinski definition) is 1. The van der Waals surface area contributed by atoms with E-state index < -0.39 is 0 Å². The molecule has 1 aliphatic rings. The fourth-order valence-corrected chi connectivity index (χ4v) is 0.0833. The minimum absolute atomic E-state index is 0.694. The second-order valence-electron chi connectivity index (χ2n) is 0.633. The fraction of sp³-hybridized carbons (Fsp3) is 0.333. The van der Waals surface area contributed by atoms with Crippen LogP contribution in [0.5, 0.6) is 0 Å². The second-order valence-corrected chi connectivity index (χ2v) is 0.633. The molecule has 1 radical (unpaired) electrons.